The first-order chi connectivity index (χ1) is 13.7. The number of likely N-dealkylation sites (tertiary alicyclic amines) is 1. The molecule has 1 N–H and O–H groups in total. The van der Waals surface area contributed by atoms with Crippen LogP contribution in [0.15, 0.2) is 24.3 Å². The van der Waals surface area contributed by atoms with Gasteiger partial charge in [0.2, 0.25) is 11.7 Å². The summed E-state index contributed by atoms with van der Waals surface area (Å²) < 4.78 is 0. The maximum Gasteiger partial charge on any atom is 0.246 e. The van der Waals surface area contributed by atoms with Gasteiger partial charge in [0, 0.05) is 17.1 Å². The Balaban J connectivity index is 1.50. The lowest BCUT2D eigenvalue weighted by Crippen LogP contribution is -2.35. The molecule has 8 heteroatoms. The summed E-state index contributed by atoms with van der Waals surface area (Å²) in [5.74, 6) is 0.433. The van der Waals surface area contributed by atoms with Gasteiger partial charge >= 0.3 is 0 Å². The van der Waals surface area contributed by atoms with Crippen LogP contribution in [0.5, 0.6) is 0 Å². The SMILES string of the molecule is CCC(C(=O)NCCCN1CCCCCC1)n1nnc(-c2ccc(Cl)cc2)n1. The lowest BCUT2D eigenvalue weighted by atomic mass is 10.2. The van der Waals surface area contributed by atoms with Crippen molar-refractivity contribution in [3.05, 3.63) is 29.3 Å². The van der Waals surface area contributed by atoms with Gasteiger partial charge in [-0.25, -0.2) is 0 Å². The molecule has 28 heavy (non-hydrogen) atoms. The van der Waals surface area contributed by atoms with E-state index < -0.39 is 6.04 Å². The Morgan fingerprint density at radius 1 is 1.18 bits per heavy atom. The topological polar surface area (TPSA) is 75.9 Å². The number of amides is 1. The Kier molecular flexibility index (Phi) is 7.80. The van der Waals surface area contributed by atoms with Gasteiger partial charge in [-0.2, -0.15) is 4.80 Å². The van der Waals surface area contributed by atoms with Crippen molar-refractivity contribution in [2.24, 2.45) is 0 Å². The monoisotopic (exact) mass is 404 g/mol. The Bertz CT molecular complexity index is 739. The van der Waals surface area contributed by atoms with Gasteiger partial charge in [0.25, 0.3) is 0 Å². The van der Waals surface area contributed by atoms with E-state index >= 15 is 0 Å². The highest BCUT2D eigenvalue weighted by molar-refractivity contribution is 6.30. The molecular weight excluding hydrogens is 376 g/mol. The molecule has 1 unspecified atom stereocenters. The van der Waals surface area contributed by atoms with Crippen molar-refractivity contribution < 1.29 is 4.79 Å². The van der Waals surface area contributed by atoms with E-state index in [1.165, 1.54) is 43.6 Å². The Labute approximate surface area is 171 Å². The first-order valence-electron chi connectivity index (χ1n) is 10.2. The minimum absolute atomic E-state index is 0.0570. The van der Waals surface area contributed by atoms with Crippen LogP contribution in [0.25, 0.3) is 11.4 Å². The molecule has 1 fully saturated rings. The number of nitrogens with zero attached hydrogens (tertiary/aromatic N) is 5. The molecule has 0 bridgehead atoms. The van der Waals surface area contributed by atoms with Crippen LogP contribution in [0.1, 0.15) is 51.5 Å². The van der Waals surface area contributed by atoms with Crippen molar-refractivity contribution >= 4 is 17.5 Å². The number of rotatable bonds is 8. The number of carbonyl (C=O) groups is 1. The van der Waals surface area contributed by atoms with Gasteiger partial charge in [-0.05, 0) is 74.8 Å². The van der Waals surface area contributed by atoms with Gasteiger partial charge in [0.15, 0.2) is 6.04 Å². The zero-order valence-corrected chi connectivity index (χ0v) is 17.2. The van der Waals surface area contributed by atoms with Gasteiger partial charge in [-0.3, -0.25) is 4.79 Å². The Morgan fingerprint density at radius 3 is 2.57 bits per heavy atom. The van der Waals surface area contributed by atoms with Crippen molar-refractivity contribution in [2.45, 2.75) is 51.5 Å². The molecule has 7 nitrogen and oxygen atoms in total. The van der Waals surface area contributed by atoms with Crippen LogP contribution in [0.4, 0.5) is 0 Å². The lowest BCUT2D eigenvalue weighted by Gasteiger charge is -2.20. The van der Waals surface area contributed by atoms with Gasteiger partial charge in [-0.15, -0.1) is 10.2 Å². The van der Waals surface area contributed by atoms with Crippen LogP contribution >= 0.6 is 11.6 Å². The van der Waals surface area contributed by atoms with E-state index in [2.05, 4.69) is 25.6 Å². The molecular formula is C20H29ClN6O. The predicted molar refractivity (Wildman–Crippen MR) is 110 cm³/mol. The Morgan fingerprint density at radius 2 is 1.89 bits per heavy atom. The second-order valence-electron chi connectivity index (χ2n) is 7.26. The van der Waals surface area contributed by atoms with Crippen LogP contribution in [0.2, 0.25) is 5.02 Å². The number of hydrogen-bond donors (Lipinski definition) is 1. The second kappa shape index (κ2) is 10.5. The number of nitrogens with one attached hydrogen (secondary N) is 1. The highest BCUT2D eigenvalue weighted by Crippen LogP contribution is 2.18. The van der Waals surface area contributed by atoms with E-state index in [4.69, 9.17) is 11.6 Å². The van der Waals surface area contributed by atoms with Crippen molar-refractivity contribution in [3.63, 3.8) is 0 Å². The zero-order chi connectivity index (χ0) is 19.8. The number of carbonyl (C=O) groups excluding carboxylic acids is 1. The fourth-order valence-electron chi connectivity index (χ4n) is 3.52. The summed E-state index contributed by atoms with van der Waals surface area (Å²) in [6.45, 7) is 6.03. The fraction of sp³-hybridized carbons (Fsp3) is 0.600. The molecule has 2 aromatic rings. The quantitative estimate of drug-likeness (QED) is 0.683. The average Bonchev–Trinajstić information content (AvgIpc) is 3.03. The van der Waals surface area contributed by atoms with Crippen LogP contribution < -0.4 is 5.32 Å². The molecule has 3 rings (SSSR count). The third-order valence-electron chi connectivity index (χ3n) is 5.15. The van der Waals surface area contributed by atoms with E-state index in [0.717, 1.165) is 18.5 Å². The van der Waals surface area contributed by atoms with Crippen LogP contribution in [0, 0.1) is 0 Å². The third-order valence-corrected chi connectivity index (χ3v) is 5.40. The minimum Gasteiger partial charge on any atom is -0.354 e. The molecule has 1 aromatic carbocycles. The van der Waals surface area contributed by atoms with Crippen molar-refractivity contribution in [2.75, 3.05) is 26.2 Å². The predicted octanol–water partition coefficient (Wildman–Crippen LogP) is 3.33. The van der Waals surface area contributed by atoms with E-state index in [9.17, 15) is 4.79 Å². The molecule has 1 amide bonds. The standard InChI is InChI=1S/C20H29ClN6O/c1-2-18(20(28)22-12-7-15-26-13-5-3-4-6-14-26)27-24-19(23-25-27)16-8-10-17(21)11-9-16/h8-11,18H,2-7,12-15H2,1H3,(H,22,28). The molecule has 1 aliphatic rings. The summed E-state index contributed by atoms with van der Waals surface area (Å²) in [6.07, 6.45) is 6.83. The van der Waals surface area contributed by atoms with Gasteiger partial charge in [0.1, 0.15) is 0 Å². The molecule has 2 heterocycles. The van der Waals surface area contributed by atoms with Gasteiger partial charge in [-0.1, -0.05) is 31.4 Å². The van der Waals surface area contributed by atoms with E-state index in [-0.39, 0.29) is 5.91 Å². The summed E-state index contributed by atoms with van der Waals surface area (Å²) in [5.41, 5.74) is 0.823. The first kappa shape index (κ1) is 20.7. The van der Waals surface area contributed by atoms with Crippen molar-refractivity contribution in [1.82, 2.24) is 30.4 Å². The molecule has 0 spiro atoms. The second-order valence-corrected chi connectivity index (χ2v) is 7.70. The minimum atomic E-state index is -0.452. The highest BCUT2D eigenvalue weighted by atomic mass is 35.5. The lowest BCUT2D eigenvalue weighted by molar-refractivity contribution is -0.125. The molecule has 0 saturated carbocycles. The number of aromatic nitrogens is 4. The maximum absolute atomic E-state index is 12.6. The first-order valence-corrected chi connectivity index (χ1v) is 10.6. The van der Waals surface area contributed by atoms with E-state index in [1.807, 2.05) is 19.1 Å². The van der Waals surface area contributed by atoms with Crippen molar-refractivity contribution in [3.8, 4) is 11.4 Å². The summed E-state index contributed by atoms with van der Waals surface area (Å²) in [6, 6.07) is 6.80. The molecule has 1 atom stereocenters. The van der Waals surface area contributed by atoms with Gasteiger partial charge in [0.05, 0.1) is 0 Å². The molecule has 152 valence electrons. The maximum atomic E-state index is 12.6. The van der Waals surface area contributed by atoms with E-state index in [0.29, 0.717) is 23.8 Å². The van der Waals surface area contributed by atoms with E-state index in [1.54, 1.807) is 12.1 Å². The average molecular weight is 405 g/mol. The molecule has 0 radical (unpaired) electrons. The zero-order valence-electron chi connectivity index (χ0n) is 16.5. The number of benzene rings is 1. The van der Waals surface area contributed by atoms with Crippen LogP contribution in [0.3, 0.4) is 0 Å². The molecule has 1 aliphatic heterocycles. The third kappa shape index (κ3) is 5.75. The van der Waals surface area contributed by atoms with Crippen molar-refractivity contribution in [1.29, 1.82) is 0 Å². The number of hydrogen-bond acceptors (Lipinski definition) is 5. The fourth-order valence-corrected chi connectivity index (χ4v) is 3.64. The number of halogens is 1. The normalized spacial score (nSPS) is 16.5. The summed E-state index contributed by atoms with van der Waals surface area (Å²) in [4.78, 5) is 16.5. The van der Waals surface area contributed by atoms with Gasteiger partial charge < -0.3 is 10.2 Å². The summed E-state index contributed by atoms with van der Waals surface area (Å²) in [5, 5.41) is 16.3. The van der Waals surface area contributed by atoms with Crippen LogP contribution in [-0.4, -0.2) is 57.2 Å². The largest absolute Gasteiger partial charge is 0.354 e. The summed E-state index contributed by atoms with van der Waals surface area (Å²) in [7, 11) is 0. The Hall–Kier alpha value is -1.99. The molecule has 0 aliphatic carbocycles. The smallest absolute Gasteiger partial charge is 0.246 e. The highest BCUT2D eigenvalue weighted by Gasteiger charge is 2.21. The molecule has 1 saturated heterocycles. The van der Waals surface area contributed by atoms with Crippen LogP contribution in [-0.2, 0) is 4.79 Å². The number of tetrazole rings is 1. The molecule has 1 aromatic heterocycles. The summed E-state index contributed by atoms with van der Waals surface area (Å²) >= 11 is 5.92.